The van der Waals surface area contributed by atoms with Gasteiger partial charge in [-0.05, 0) is 31.7 Å². The minimum absolute atomic E-state index is 0.444. The molecule has 0 aromatic carbocycles. The highest BCUT2D eigenvalue weighted by Crippen LogP contribution is 2.20. The summed E-state index contributed by atoms with van der Waals surface area (Å²) in [7, 11) is 0. The van der Waals surface area contributed by atoms with Gasteiger partial charge in [-0.2, -0.15) is 5.26 Å². The van der Waals surface area contributed by atoms with Crippen LogP contribution in [0.2, 0.25) is 0 Å². The van der Waals surface area contributed by atoms with Crippen LogP contribution in [-0.4, -0.2) is 17.2 Å². The quantitative estimate of drug-likeness (QED) is 0.715. The minimum Gasteiger partial charge on any atom is -0.466 e. The van der Waals surface area contributed by atoms with Crippen LogP contribution in [-0.2, 0) is 0 Å². The molecule has 0 fully saturated rings. The molecule has 0 aliphatic carbocycles. The van der Waals surface area contributed by atoms with E-state index in [4.69, 9.17) is 10.00 Å². The number of hydrogen-bond acceptors (Lipinski definition) is 4. The molecule has 0 saturated heterocycles. The molecule has 1 heterocycles. The number of nitrogens with zero attached hydrogens (tertiary/aromatic N) is 2. The van der Waals surface area contributed by atoms with E-state index in [2.05, 4.69) is 11.1 Å². The number of thioether (sulfide) groups is 1. The Bertz CT molecular complexity index is 371. The van der Waals surface area contributed by atoms with Crippen LogP contribution in [0.4, 0.5) is 0 Å². The first-order chi connectivity index (χ1) is 6.69. The molecule has 0 saturated carbocycles. The second kappa shape index (κ2) is 4.87. The molecule has 74 valence electrons. The Kier molecular flexibility index (Phi) is 3.78. The molecule has 0 radical (unpaired) electrons. The van der Waals surface area contributed by atoms with Gasteiger partial charge < -0.3 is 4.74 Å². The van der Waals surface area contributed by atoms with Gasteiger partial charge in [-0.15, -0.1) is 11.8 Å². The number of nitriles is 1. The number of aromatic nitrogens is 1. The number of rotatable bonds is 3. The molecule has 0 atom stereocenters. The van der Waals surface area contributed by atoms with Gasteiger partial charge in [0.1, 0.15) is 17.6 Å². The Morgan fingerprint density at radius 2 is 2.29 bits per heavy atom. The van der Waals surface area contributed by atoms with Crippen molar-refractivity contribution in [3.8, 4) is 11.9 Å². The summed E-state index contributed by atoms with van der Waals surface area (Å²) in [6.45, 7) is 3.78. The highest BCUT2D eigenvalue weighted by molar-refractivity contribution is 7.98. The van der Waals surface area contributed by atoms with Crippen molar-refractivity contribution in [1.29, 1.82) is 5.26 Å². The zero-order valence-corrected chi connectivity index (χ0v) is 9.31. The first-order valence-electron chi connectivity index (χ1n) is 4.19. The van der Waals surface area contributed by atoms with Crippen molar-refractivity contribution < 1.29 is 4.74 Å². The van der Waals surface area contributed by atoms with Crippen LogP contribution in [0.5, 0.6) is 5.88 Å². The van der Waals surface area contributed by atoms with E-state index in [0.717, 1.165) is 11.3 Å². The van der Waals surface area contributed by atoms with Crippen LogP contribution < -0.4 is 4.74 Å². The summed E-state index contributed by atoms with van der Waals surface area (Å²) in [5, 5.41) is 8.91. The maximum absolute atomic E-state index is 8.91. The number of ether oxygens (including phenoxy) is 1. The molecule has 0 aliphatic heterocycles. The van der Waals surface area contributed by atoms with Crippen molar-refractivity contribution in [1.82, 2.24) is 4.98 Å². The van der Waals surface area contributed by atoms with Gasteiger partial charge in [0, 0.05) is 5.69 Å². The van der Waals surface area contributed by atoms with Crippen molar-refractivity contribution >= 4 is 11.8 Å². The normalized spacial score (nSPS) is 9.57. The van der Waals surface area contributed by atoms with Gasteiger partial charge in [-0.1, -0.05) is 0 Å². The summed E-state index contributed by atoms with van der Waals surface area (Å²) >= 11 is 1.56. The van der Waals surface area contributed by atoms with Gasteiger partial charge in [0.15, 0.2) is 0 Å². The fourth-order valence-electron chi connectivity index (χ4n) is 1.16. The fourth-order valence-corrected chi connectivity index (χ4v) is 1.39. The third kappa shape index (κ3) is 2.39. The summed E-state index contributed by atoms with van der Waals surface area (Å²) < 4.78 is 5.37. The van der Waals surface area contributed by atoms with Gasteiger partial charge in [-0.25, -0.2) is 4.98 Å². The summed E-state index contributed by atoms with van der Waals surface area (Å²) in [6.07, 6.45) is 1.94. The molecule has 4 heteroatoms. The maximum atomic E-state index is 8.91. The lowest BCUT2D eigenvalue weighted by Crippen LogP contribution is -2.00. The SMILES string of the molecule is CSCOc1nc(C)cc(C)c1C#N. The van der Waals surface area contributed by atoms with Crippen molar-refractivity contribution in [2.24, 2.45) is 0 Å². The van der Waals surface area contributed by atoms with E-state index < -0.39 is 0 Å². The van der Waals surface area contributed by atoms with Crippen LogP contribution in [0.15, 0.2) is 6.07 Å². The van der Waals surface area contributed by atoms with Gasteiger partial charge in [0.2, 0.25) is 5.88 Å². The summed E-state index contributed by atoms with van der Waals surface area (Å²) in [5.74, 6) is 0.962. The third-order valence-electron chi connectivity index (χ3n) is 1.74. The average molecular weight is 208 g/mol. The van der Waals surface area contributed by atoms with Crippen molar-refractivity contribution in [3.05, 3.63) is 22.9 Å². The molecule has 0 spiro atoms. The van der Waals surface area contributed by atoms with Crippen LogP contribution >= 0.6 is 11.8 Å². The fraction of sp³-hybridized carbons (Fsp3) is 0.400. The van der Waals surface area contributed by atoms with Crippen molar-refractivity contribution in [2.75, 3.05) is 12.2 Å². The van der Waals surface area contributed by atoms with E-state index in [9.17, 15) is 0 Å². The maximum Gasteiger partial charge on any atom is 0.233 e. The topological polar surface area (TPSA) is 45.9 Å². The molecule has 3 nitrogen and oxygen atoms in total. The van der Waals surface area contributed by atoms with Crippen LogP contribution in [0, 0.1) is 25.2 Å². The van der Waals surface area contributed by atoms with Crippen molar-refractivity contribution in [2.45, 2.75) is 13.8 Å². The monoisotopic (exact) mass is 208 g/mol. The van der Waals surface area contributed by atoms with Crippen LogP contribution in [0.3, 0.4) is 0 Å². The van der Waals surface area contributed by atoms with E-state index in [-0.39, 0.29) is 0 Å². The molecule has 1 aromatic heterocycles. The predicted octanol–water partition coefficient (Wildman–Crippen LogP) is 2.27. The molecule has 1 rings (SSSR count). The molecule has 1 aromatic rings. The van der Waals surface area contributed by atoms with E-state index in [0.29, 0.717) is 17.4 Å². The lowest BCUT2D eigenvalue weighted by molar-refractivity contribution is 0.375. The second-order valence-electron chi connectivity index (χ2n) is 2.92. The molecular weight excluding hydrogens is 196 g/mol. The van der Waals surface area contributed by atoms with Gasteiger partial charge in [0.05, 0.1) is 0 Å². The zero-order chi connectivity index (χ0) is 10.6. The highest BCUT2D eigenvalue weighted by Gasteiger charge is 2.08. The van der Waals surface area contributed by atoms with Gasteiger partial charge >= 0.3 is 0 Å². The largest absolute Gasteiger partial charge is 0.466 e. The van der Waals surface area contributed by atoms with Crippen LogP contribution in [0.25, 0.3) is 0 Å². The molecule has 0 bridgehead atoms. The number of hydrogen-bond donors (Lipinski definition) is 0. The first kappa shape index (κ1) is 10.9. The average Bonchev–Trinajstić information content (AvgIpc) is 2.14. The molecular formula is C10H12N2OS. The summed E-state index contributed by atoms with van der Waals surface area (Å²) in [5.41, 5.74) is 2.32. The van der Waals surface area contributed by atoms with Gasteiger partial charge in [0.25, 0.3) is 0 Å². The molecule has 0 amide bonds. The van der Waals surface area contributed by atoms with Gasteiger partial charge in [-0.3, -0.25) is 0 Å². The standard InChI is InChI=1S/C10H12N2OS/c1-7-4-8(2)12-10(9(7)5-11)13-6-14-3/h4H,6H2,1-3H3. The minimum atomic E-state index is 0.444. The summed E-state index contributed by atoms with van der Waals surface area (Å²) in [4.78, 5) is 4.18. The highest BCUT2D eigenvalue weighted by atomic mass is 32.2. The smallest absolute Gasteiger partial charge is 0.233 e. The van der Waals surface area contributed by atoms with E-state index in [1.165, 1.54) is 0 Å². The van der Waals surface area contributed by atoms with E-state index >= 15 is 0 Å². The van der Waals surface area contributed by atoms with E-state index in [1.807, 2.05) is 26.2 Å². The molecule has 0 N–H and O–H groups in total. The summed E-state index contributed by atoms with van der Waals surface area (Å²) in [6, 6.07) is 3.98. The number of pyridine rings is 1. The molecule has 14 heavy (non-hydrogen) atoms. The predicted molar refractivity (Wildman–Crippen MR) is 57.4 cm³/mol. The lowest BCUT2D eigenvalue weighted by Gasteiger charge is -2.07. The van der Waals surface area contributed by atoms with Crippen LogP contribution in [0.1, 0.15) is 16.8 Å². The molecule has 0 aliphatic rings. The molecule has 0 unspecified atom stereocenters. The van der Waals surface area contributed by atoms with E-state index in [1.54, 1.807) is 11.8 Å². The third-order valence-corrected chi connectivity index (χ3v) is 2.09. The first-order valence-corrected chi connectivity index (χ1v) is 5.58. The zero-order valence-electron chi connectivity index (χ0n) is 8.50. The number of aryl methyl sites for hydroxylation is 2. The van der Waals surface area contributed by atoms with Crippen molar-refractivity contribution in [3.63, 3.8) is 0 Å². The Morgan fingerprint density at radius 1 is 1.57 bits per heavy atom. The Morgan fingerprint density at radius 3 is 2.86 bits per heavy atom. The Balaban J connectivity index is 3.07. The Labute approximate surface area is 88.1 Å². The Hall–Kier alpha value is -1.21. The lowest BCUT2D eigenvalue weighted by atomic mass is 10.1. The second-order valence-corrected chi connectivity index (χ2v) is 3.74.